The van der Waals surface area contributed by atoms with Crippen LogP contribution in [-0.4, -0.2) is 37.1 Å². The first-order valence-corrected chi connectivity index (χ1v) is 8.70. The second-order valence-corrected chi connectivity index (χ2v) is 6.52. The maximum Gasteiger partial charge on any atom is 0.238 e. The van der Waals surface area contributed by atoms with Gasteiger partial charge in [-0.2, -0.15) is 11.8 Å². The van der Waals surface area contributed by atoms with Crippen LogP contribution >= 0.6 is 11.8 Å². The number of benzene rings is 1. The maximum atomic E-state index is 12.0. The highest BCUT2D eigenvalue weighted by Crippen LogP contribution is 2.26. The van der Waals surface area contributed by atoms with Crippen LogP contribution in [0.2, 0.25) is 0 Å². The van der Waals surface area contributed by atoms with Crippen molar-refractivity contribution in [3.63, 3.8) is 0 Å². The highest BCUT2D eigenvalue weighted by atomic mass is 32.2. The van der Waals surface area contributed by atoms with E-state index in [0.717, 1.165) is 23.1 Å². The van der Waals surface area contributed by atoms with Gasteiger partial charge in [0.2, 0.25) is 5.91 Å². The quantitative estimate of drug-likeness (QED) is 0.848. The largest absolute Gasteiger partial charge is 0.497 e. The Kier molecular flexibility index (Phi) is 6.39. The van der Waals surface area contributed by atoms with Crippen molar-refractivity contribution in [1.29, 1.82) is 0 Å². The number of carbonyl (C=O) groups excluding carboxylic acids is 1. The summed E-state index contributed by atoms with van der Waals surface area (Å²) in [4.78, 5) is 12.0. The molecule has 1 amide bonds. The standard InChI is InChI=1S/C16H24N2O2S/c1-20-14-8-6-12(7-9-14)18-16(19)11-17-13-4-3-5-15(10-13)21-2/h6-9,13,15,17H,3-5,10-11H2,1-2H3,(H,18,19). The van der Waals surface area contributed by atoms with E-state index in [4.69, 9.17) is 4.74 Å². The Morgan fingerprint density at radius 1 is 1.33 bits per heavy atom. The fraction of sp³-hybridized carbons (Fsp3) is 0.562. The third kappa shape index (κ3) is 5.25. The molecule has 0 aromatic heterocycles. The van der Waals surface area contributed by atoms with Crippen LogP contribution in [0, 0.1) is 0 Å². The summed E-state index contributed by atoms with van der Waals surface area (Å²) in [6, 6.07) is 7.85. The van der Waals surface area contributed by atoms with Crippen LogP contribution < -0.4 is 15.4 Å². The third-order valence-corrected chi connectivity index (χ3v) is 4.98. The summed E-state index contributed by atoms with van der Waals surface area (Å²) in [6.45, 7) is 0.373. The van der Waals surface area contributed by atoms with E-state index in [2.05, 4.69) is 16.9 Å². The highest BCUT2D eigenvalue weighted by molar-refractivity contribution is 7.99. The number of carbonyl (C=O) groups is 1. The molecule has 0 spiro atoms. The number of ether oxygens (including phenoxy) is 1. The Morgan fingerprint density at radius 2 is 2.10 bits per heavy atom. The van der Waals surface area contributed by atoms with Gasteiger partial charge in [0.25, 0.3) is 0 Å². The topological polar surface area (TPSA) is 50.4 Å². The van der Waals surface area contributed by atoms with Gasteiger partial charge in [0, 0.05) is 17.0 Å². The lowest BCUT2D eigenvalue weighted by atomic mass is 9.95. The van der Waals surface area contributed by atoms with Gasteiger partial charge in [-0.25, -0.2) is 0 Å². The molecule has 0 radical (unpaired) electrons. The van der Waals surface area contributed by atoms with Crippen LogP contribution in [0.5, 0.6) is 5.75 Å². The van der Waals surface area contributed by atoms with Crippen LogP contribution in [0.1, 0.15) is 25.7 Å². The molecule has 5 heteroatoms. The van der Waals surface area contributed by atoms with Gasteiger partial charge in [-0.3, -0.25) is 4.79 Å². The van der Waals surface area contributed by atoms with Crippen molar-refractivity contribution >= 4 is 23.4 Å². The summed E-state index contributed by atoms with van der Waals surface area (Å²) >= 11 is 1.94. The van der Waals surface area contributed by atoms with Gasteiger partial charge >= 0.3 is 0 Å². The number of nitrogens with one attached hydrogen (secondary N) is 2. The molecule has 2 atom stereocenters. The summed E-state index contributed by atoms with van der Waals surface area (Å²) in [6.07, 6.45) is 7.06. The zero-order chi connectivity index (χ0) is 15.1. The SMILES string of the molecule is COc1ccc(NC(=O)CNC2CCCC(SC)C2)cc1. The van der Waals surface area contributed by atoms with Crippen molar-refractivity contribution in [3.05, 3.63) is 24.3 Å². The predicted molar refractivity (Wildman–Crippen MR) is 89.2 cm³/mol. The maximum absolute atomic E-state index is 12.0. The lowest BCUT2D eigenvalue weighted by Crippen LogP contribution is -2.39. The Bertz CT molecular complexity index is 450. The van der Waals surface area contributed by atoms with Crippen LogP contribution in [-0.2, 0) is 4.79 Å². The predicted octanol–water partition coefficient (Wildman–Crippen LogP) is 2.90. The van der Waals surface area contributed by atoms with Gasteiger partial charge in [0.1, 0.15) is 5.75 Å². The van der Waals surface area contributed by atoms with Gasteiger partial charge in [0.15, 0.2) is 0 Å². The van der Waals surface area contributed by atoms with E-state index in [1.165, 1.54) is 19.3 Å². The molecule has 2 unspecified atom stereocenters. The number of hydrogen-bond acceptors (Lipinski definition) is 4. The van der Waals surface area contributed by atoms with E-state index in [0.29, 0.717) is 12.6 Å². The number of rotatable bonds is 6. The summed E-state index contributed by atoms with van der Waals surface area (Å²) in [5.74, 6) is 0.794. The Morgan fingerprint density at radius 3 is 2.76 bits per heavy atom. The number of methoxy groups -OCH3 is 1. The fourth-order valence-corrected chi connectivity index (χ4v) is 3.49. The number of anilines is 1. The van der Waals surface area contributed by atoms with Crippen molar-refractivity contribution in [2.24, 2.45) is 0 Å². The fourth-order valence-electron chi connectivity index (χ4n) is 2.66. The zero-order valence-corrected chi connectivity index (χ0v) is 13.5. The van der Waals surface area contributed by atoms with Crippen LogP contribution in [0.25, 0.3) is 0 Å². The normalized spacial score (nSPS) is 21.8. The molecule has 0 heterocycles. The lowest BCUT2D eigenvalue weighted by molar-refractivity contribution is -0.115. The molecule has 21 heavy (non-hydrogen) atoms. The van der Waals surface area contributed by atoms with E-state index in [1.807, 2.05) is 36.0 Å². The average Bonchev–Trinajstić information content (AvgIpc) is 2.54. The first-order valence-electron chi connectivity index (χ1n) is 7.41. The second-order valence-electron chi connectivity index (χ2n) is 5.38. The highest BCUT2D eigenvalue weighted by Gasteiger charge is 2.21. The van der Waals surface area contributed by atoms with E-state index in [9.17, 15) is 4.79 Å². The molecule has 0 saturated heterocycles. The van der Waals surface area contributed by atoms with Crippen molar-refractivity contribution in [1.82, 2.24) is 5.32 Å². The van der Waals surface area contributed by atoms with Crippen LogP contribution in [0.3, 0.4) is 0 Å². The first kappa shape index (κ1) is 16.2. The molecular weight excluding hydrogens is 284 g/mol. The summed E-state index contributed by atoms with van der Waals surface area (Å²) in [7, 11) is 1.63. The number of hydrogen-bond donors (Lipinski definition) is 2. The number of thioether (sulfide) groups is 1. The van der Waals surface area contributed by atoms with Crippen LogP contribution in [0.4, 0.5) is 5.69 Å². The Balaban J connectivity index is 1.73. The van der Waals surface area contributed by atoms with E-state index in [-0.39, 0.29) is 5.91 Å². The summed E-state index contributed by atoms with van der Waals surface area (Å²) in [5, 5.41) is 7.01. The molecule has 1 aliphatic carbocycles. The minimum absolute atomic E-state index is 0.00596. The van der Waals surface area contributed by atoms with E-state index < -0.39 is 0 Å². The van der Waals surface area contributed by atoms with Gasteiger partial charge < -0.3 is 15.4 Å². The van der Waals surface area contributed by atoms with Gasteiger partial charge in [-0.05, 0) is 49.8 Å². The molecular formula is C16H24N2O2S. The average molecular weight is 308 g/mol. The lowest BCUT2D eigenvalue weighted by Gasteiger charge is -2.28. The molecule has 1 aromatic carbocycles. The monoisotopic (exact) mass is 308 g/mol. The second kappa shape index (κ2) is 8.29. The molecule has 0 bridgehead atoms. The molecule has 1 saturated carbocycles. The minimum Gasteiger partial charge on any atom is -0.497 e. The number of amides is 1. The smallest absolute Gasteiger partial charge is 0.238 e. The molecule has 1 aromatic rings. The van der Waals surface area contributed by atoms with Crippen molar-refractivity contribution < 1.29 is 9.53 Å². The summed E-state index contributed by atoms with van der Waals surface area (Å²) < 4.78 is 5.09. The van der Waals surface area contributed by atoms with Gasteiger partial charge in [-0.15, -0.1) is 0 Å². The molecule has 2 N–H and O–H groups in total. The summed E-state index contributed by atoms with van der Waals surface area (Å²) in [5.41, 5.74) is 0.799. The molecule has 1 aliphatic rings. The van der Waals surface area contributed by atoms with Crippen molar-refractivity contribution in [2.45, 2.75) is 37.0 Å². The Labute approximate surface area is 131 Å². The zero-order valence-electron chi connectivity index (χ0n) is 12.7. The van der Waals surface area contributed by atoms with E-state index >= 15 is 0 Å². The minimum atomic E-state index is 0.00596. The molecule has 2 rings (SSSR count). The molecule has 0 aliphatic heterocycles. The van der Waals surface area contributed by atoms with Crippen LogP contribution in [0.15, 0.2) is 24.3 Å². The van der Waals surface area contributed by atoms with Crippen molar-refractivity contribution in [2.75, 3.05) is 25.2 Å². The molecule has 1 fully saturated rings. The van der Waals surface area contributed by atoms with Crippen molar-refractivity contribution in [3.8, 4) is 5.75 Å². The molecule has 4 nitrogen and oxygen atoms in total. The molecule has 116 valence electrons. The Hall–Kier alpha value is -1.20. The van der Waals surface area contributed by atoms with Gasteiger partial charge in [0.05, 0.1) is 13.7 Å². The van der Waals surface area contributed by atoms with E-state index in [1.54, 1.807) is 7.11 Å². The van der Waals surface area contributed by atoms with Gasteiger partial charge in [-0.1, -0.05) is 6.42 Å². The first-order chi connectivity index (χ1) is 10.2. The third-order valence-electron chi connectivity index (χ3n) is 3.88.